The highest BCUT2D eigenvalue weighted by molar-refractivity contribution is 7.10. The maximum atomic E-state index is 13.7. The van der Waals surface area contributed by atoms with Crippen LogP contribution in [0.15, 0.2) is 59.3 Å². The average Bonchev–Trinajstić information content (AvgIpc) is 3.54. The minimum Gasteiger partial charge on any atom is -0.497 e. The minimum absolute atomic E-state index is 0.0579. The van der Waals surface area contributed by atoms with Gasteiger partial charge in [0.05, 0.1) is 13.5 Å². The average molecular weight is 483 g/mol. The van der Waals surface area contributed by atoms with Crippen molar-refractivity contribution in [3.63, 3.8) is 0 Å². The molecule has 1 aliphatic rings. The largest absolute Gasteiger partial charge is 0.497 e. The number of hydrogen-bond acceptors (Lipinski definition) is 5. The van der Waals surface area contributed by atoms with Gasteiger partial charge in [-0.05, 0) is 53.4 Å². The van der Waals surface area contributed by atoms with Crippen LogP contribution in [0.25, 0.3) is 0 Å². The minimum atomic E-state index is -0.661. The fraction of sp³-hybridized carbons (Fsp3) is 0.385. The lowest BCUT2D eigenvalue weighted by atomic mass is 9.95. The second-order valence-electron chi connectivity index (χ2n) is 8.39. The van der Waals surface area contributed by atoms with Crippen LogP contribution in [0.5, 0.6) is 5.75 Å². The van der Waals surface area contributed by atoms with Crippen LogP contribution in [0, 0.1) is 0 Å². The summed E-state index contributed by atoms with van der Waals surface area (Å²) in [6.07, 6.45) is 5.78. The molecule has 1 N–H and O–H groups in total. The Hall–Kier alpha value is -2.64. The predicted molar refractivity (Wildman–Crippen MR) is 134 cm³/mol. The van der Waals surface area contributed by atoms with Gasteiger partial charge in [-0.15, -0.1) is 22.7 Å². The highest BCUT2D eigenvalue weighted by Crippen LogP contribution is 2.30. The van der Waals surface area contributed by atoms with Gasteiger partial charge in [0.15, 0.2) is 0 Å². The number of hydrogen-bond donors (Lipinski definition) is 1. The zero-order valence-corrected chi connectivity index (χ0v) is 20.5. The van der Waals surface area contributed by atoms with Crippen LogP contribution < -0.4 is 10.1 Å². The number of carbonyl (C=O) groups excluding carboxylic acids is 2. The summed E-state index contributed by atoms with van der Waals surface area (Å²) in [5.41, 5.74) is 0.931. The van der Waals surface area contributed by atoms with Crippen molar-refractivity contribution in [1.82, 2.24) is 10.2 Å². The molecule has 1 unspecified atom stereocenters. The Kier molecular flexibility index (Phi) is 8.18. The fourth-order valence-electron chi connectivity index (χ4n) is 4.35. The van der Waals surface area contributed by atoms with Crippen LogP contribution in [0.2, 0.25) is 0 Å². The first-order valence-electron chi connectivity index (χ1n) is 11.4. The summed E-state index contributed by atoms with van der Waals surface area (Å²) in [6.45, 7) is 0.335. The zero-order valence-electron chi connectivity index (χ0n) is 18.9. The zero-order chi connectivity index (χ0) is 23.0. The molecule has 2 aromatic heterocycles. The quantitative estimate of drug-likeness (QED) is 0.433. The first kappa shape index (κ1) is 23.5. The van der Waals surface area contributed by atoms with Crippen LogP contribution in [-0.4, -0.2) is 29.9 Å². The first-order valence-corrected chi connectivity index (χ1v) is 13.2. The first-order chi connectivity index (χ1) is 16.1. The molecule has 1 fully saturated rings. The van der Waals surface area contributed by atoms with Gasteiger partial charge in [0.2, 0.25) is 11.8 Å². The van der Waals surface area contributed by atoms with Gasteiger partial charge in [-0.3, -0.25) is 9.59 Å². The van der Waals surface area contributed by atoms with E-state index in [2.05, 4.69) is 5.32 Å². The second kappa shape index (κ2) is 11.5. The Morgan fingerprint density at radius 2 is 1.85 bits per heavy atom. The summed E-state index contributed by atoms with van der Waals surface area (Å²) < 4.78 is 5.38. The molecule has 1 aliphatic carbocycles. The highest BCUT2D eigenvalue weighted by Gasteiger charge is 2.33. The lowest BCUT2D eigenvalue weighted by molar-refractivity contribution is -0.141. The van der Waals surface area contributed by atoms with E-state index in [-0.39, 0.29) is 24.3 Å². The van der Waals surface area contributed by atoms with Gasteiger partial charge < -0.3 is 15.0 Å². The van der Waals surface area contributed by atoms with Crippen molar-refractivity contribution in [2.75, 3.05) is 7.11 Å². The van der Waals surface area contributed by atoms with Crippen molar-refractivity contribution >= 4 is 34.5 Å². The van der Waals surface area contributed by atoms with E-state index in [4.69, 9.17) is 4.74 Å². The lowest BCUT2D eigenvalue weighted by Crippen LogP contribution is -2.47. The maximum absolute atomic E-state index is 13.7. The summed E-state index contributed by atoms with van der Waals surface area (Å²) in [5.74, 6) is 0.585. The molecule has 174 valence electrons. The second-order valence-corrected chi connectivity index (χ2v) is 10.4. The van der Waals surface area contributed by atoms with E-state index >= 15 is 0 Å². The Morgan fingerprint density at radius 1 is 1.06 bits per heavy atom. The number of nitrogens with zero attached hydrogens (tertiary/aromatic N) is 1. The van der Waals surface area contributed by atoms with E-state index in [0.717, 1.165) is 46.8 Å². The van der Waals surface area contributed by atoms with Crippen molar-refractivity contribution in [2.45, 2.75) is 57.2 Å². The van der Waals surface area contributed by atoms with E-state index in [1.807, 2.05) is 59.3 Å². The van der Waals surface area contributed by atoms with E-state index in [1.54, 1.807) is 23.3 Å². The van der Waals surface area contributed by atoms with E-state index < -0.39 is 6.04 Å². The van der Waals surface area contributed by atoms with Crippen molar-refractivity contribution in [2.24, 2.45) is 0 Å². The summed E-state index contributed by atoms with van der Waals surface area (Å²) in [6, 6.07) is 15.0. The smallest absolute Gasteiger partial charge is 0.248 e. The van der Waals surface area contributed by atoms with Crippen molar-refractivity contribution in [3.8, 4) is 5.75 Å². The molecule has 0 saturated heterocycles. The predicted octanol–water partition coefficient (Wildman–Crippen LogP) is 5.58. The normalized spacial score (nSPS) is 15.1. The topological polar surface area (TPSA) is 58.6 Å². The van der Waals surface area contributed by atoms with Gasteiger partial charge in [0.25, 0.3) is 0 Å². The summed E-state index contributed by atoms with van der Waals surface area (Å²) >= 11 is 3.08. The number of ether oxygens (including phenoxy) is 1. The Morgan fingerprint density at radius 3 is 2.55 bits per heavy atom. The standard InChI is InChI=1S/C26H30N2O3S2/c1-31-21-11-5-8-19(16-21)18-28(24(29)17-22-12-6-14-32-22)25(23-13-7-15-33-23)26(30)27-20-9-3-2-4-10-20/h5-8,11-16,20,25H,2-4,9-10,17-18H2,1H3,(H,27,30). The third-order valence-electron chi connectivity index (χ3n) is 6.04. The molecule has 4 rings (SSSR count). The van der Waals surface area contributed by atoms with Gasteiger partial charge in [-0.25, -0.2) is 0 Å². The molecule has 1 aromatic carbocycles. The molecule has 0 radical (unpaired) electrons. The number of carbonyl (C=O) groups is 2. The molecule has 2 heterocycles. The number of thiophene rings is 2. The summed E-state index contributed by atoms with van der Waals surface area (Å²) in [4.78, 5) is 30.9. The van der Waals surface area contributed by atoms with Gasteiger partial charge in [0, 0.05) is 22.3 Å². The molecule has 3 aromatic rings. The molecule has 5 nitrogen and oxygen atoms in total. The Labute approximate surface area is 203 Å². The Balaban J connectivity index is 1.65. The van der Waals surface area contributed by atoms with Crippen molar-refractivity contribution in [1.29, 1.82) is 0 Å². The molecular weight excluding hydrogens is 452 g/mol. The molecule has 0 bridgehead atoms. The fourth-order valence-corrected chi connectivity index (χ4v) is 5.88. The van der Waals surface area contributed by atoms with Gasteiger partial charge in [-0.1, -0.05) is 43.5 Å². The van der Waals surface area contributed by atoms with Crippen LogP contribution in [0.3, 0.4) is 0 Å². The number of nitrogens with one attached hydrogen (secondary N) is 1. The van der Waals surface area contributed by atoms with Gasteiger partial charge in [-0.2, -0.15) is 0 Å². The monoisotopic (exact) mass is 482 g/mol. The Bertz CT molecular complexity index is 1030. The highest BCUT2D eigenvalue weighted by atomic mass is 32.1. The molecular formula is C26H30N2O3S2. The van der Waals surface area contributed by atoms with Crippen LogP contribution in [-0.2, 0) is 22.6 Å². The van der Waals surface area contributed by atoms with E-state index in [9.17, 15) is 9.59 Å². The molecule has 33 heavy (non-hydrogen) atoms. The van der Waals surface area contributed by atoms with E-state index in [0.29, 0.717) is 6.54 Å². The molecule has 0 spiro atoms. The van der Waals surface area contributed by atoms with Gasteiger partial charge >= 0.3 is 0 Å². The third kappa shape index (κ3) is 6.24. The van der Waals surface area contributed by atoms with Gasteiger partial charge in [0.1, 0.15) is 11.8 Å². The lowest BCUT2D eigenvalue weighted by Gasteiger charge is -2.33. The summed E-state index contributed by atoms with van der Waals surface area (Å²) in [7, 11) is 1.63. The number of amides is 2. The van der Waals surface area contributed by atoms with Crippen molar-refractivity contribution in [3.05, 3.63) is 74.6 Å². The van der Waals surface area contributed by atoms with Crippen molar-refractivity contribution < 1.29 is 14.3 Å². The van der Waals surface area contributed by atoms with Crippen LogP contribution >= 0.6 is 22.7 Å². The molecule has 0 aliphatic heterocycles. The van der Waals surface area contributed by atoms with E-state index in [1.165, 1.54) is 17.8 Å². The number of methoxy groups -OCH3 is 1. The third-order valence-corrected chi connectivity index (χ3v) is 7.84. The molecule has 7 heteroatoms. The SMILES string of the molecule is COc1cccc(CN(C(=O)Cc2cccs2)C(C(=O)NC2CCCCC2)c2cccs2)c1. The summed E-state index contributed by atoms with van der Waals surface area (Å²) in [5, 5.41) is 7.20. The molecule has 1 saturated carbocycles. The molecule has 2 amide bonds. The van der Waals surface area contributed by atoms with Crippen LogP contribution in [0.1, 0.15) is 53.5 Å². The van der Waals surface area contributed by atoms with Crippen LogP contribution in [0.4, 0.5) is 0 Å². The number of rotatable bonds is 9. The molecule has 1 atom stereocenters. The maximum Gasteiger partial charge on any atom is 0.248 e. The number of benzene rings is 1.